The summed E-state index contributed by atoms with van der Waals surface area (Å²) in [5, 5.41) is 11.5. The molecule has 4 aromatic rings. The predicted octanol–water partition coefficient (Wildman–Crippen LogP) is 7.70. The van der Waals surface area contributed by atoms with Crippen LogP contribution in [-0.2, 0) is 10.2 Å². The minimum atomic E-state index is -0.771. The highest BCUT2D eigenvalue weighted by molar-refractivity contribution is 7.19. The number of aromatic nitrogens is 2. The fourth-order valence-electron chi connectivity index (χ4n) is 5.82. The molecule has 1 saturated heterocycles. The first kappa shape index (κ1) is 23.9. The number of aromatic amines is 1. The molecule has 0 saturated carbocycles. The first-order valence-electron chi connectivity index (χ1n) is 12.9. The van der Waals surface area contributed by atoms with Crippen molar-refractivity contribution in [2.45, 2.75) is 56.9 Å². The third kappa shape index (κ3) is 4.46. The van der Waals surface area contributed by atoms with Gasteiger partial charge in [-0.05, 0) is 55.2 Å². The van der Waals surface area contributed by atoms with Gasteiger partial charge >= 0.3 is 5.97 Å². The van der Waals surface area contributed by atoms with Gasteiger partial charge in [-0.3, -0.25) is 4.79 Å². The number of aliphatic carboxylic acids is 1. The summed E-state index contributed by atoms with van der Waals surface area (Å²) in [7, 11) is 0. The lowest BCUT2D eigenvalue weighted by Crippen LogP contribution is -2.31. The van der Waals surface area contributed by atoms with Crippen LogP contribution in [0, 0.1) is 0 Å². The highest BCUT2D eigenvalue weighted by Crippen LogP contribution is 2.45. The summed E-state index contributed by atoms with van der Waals surface area (Å²) in [5.41, 5.74) is 5.29. The number of halogens is 1. The quantitative estimate of drug-likeness (QED) is 0.276. The Hall–Kier alpha value is -3.45. The van der Waals surface area contributed by atoms with E-state index in [1.807, 2.05) is 6.20 Å². The summed E-state index contributed by atoms with van der Waals surface area (Å²) < 4.78 is 13.7. The van der Waals surface area contributed by atoms with Gasteiger partial charge in [0.05, 0.1) is 22.8 Å². The number of benzene rings is 2. The van der Waals surface area contributed by atoms with Crippen molar-refractivity contribution in [2.24, 2.45) is 0 Å². The third-order valence-electron chi connectivity index (χ3n) is 8.03. The second-order valence-corrected chi connectivity index (χ2v) is 11.5. The second-order valence-electron chi connectivity index (χ2n) is 10.5. The van der Waals surface area contributed by atoms with Crippen molar-refractivity contribution in [1.29, 1.82) is 0 Å². The van der Waals surface area contributed by atoms with E-state index in [2.05, 4.69) is 65.3 Å². The zero-order valence-corrected chi connectivity index (χ0v) is 21.7. The molecule has 7 heteroatoms. The van der Waals surface area contributed by atoms with Crippen LogP contribution in [0.1, 0.15) is 51.0 Å². The van der Waals surface area contributed by atoms with Gasteiger partial charge in [-0.15, -0.1) is 0 Å². The number of H-pyrrole nitrogens is 1. The smallest absolute Gasteiger partial charge is 0.305 e. The van der Waals surface area contributed by atoms with Crippen LogP contribution >= 0.6 is 11.3 Å². The minimum Gasteiger partial charge on any atom is -0.481 e. The largest absolute Gasteiger partial charge is 0.481 e. The van der Waals surface area contributed by atoms with Crippen LogP contribution in [0.15, 0.2) is 66.6 Å². The van der Waals surface area contributed by atoms with Crippen molar-refractivity contribution in [2.75, 3.05) is 11.4 Å². The van der Waals surface area contributed by atoms with Gasteiger partial charge < -0.3 is 15.0 Å². The average molecular weight is 516 g/mol. The number of carboxylic acids is 1. The molecule has 5 nitrogen and oxygen atoms in total. The maximum absolute atomic E-state index is 13.7. The summed E-state index contributed by atoms with van der Waals surface area (Å²) in [6.07, 6.45) is 7.64. The monoisotopic (exact) mass is 515 g/mol. The number of thiazole rings is 1. The van der Waals surface area contributed by atoms with Gasteiger partial charge in [-0.2, -0.15) is 0 Å². The third-order valence-corrected chi connectivity index (χ3v) is 9.16. The van der Waals surface area contributed by atoms with Gasteiger partial charge in [-0.25, -0.2) is 9.37 Å². The molecule has 2 atom stereocenters. The molecule has 2 N–H and O–H groups in total. The molecule has 3 heterocycles. The van der Waals surface area contributed by atoms with Crippen molar-refractivity contribution in [3.63, 3.8) is 0 Å². The SMILES string of the molecule is CC1(c2ccc(-c3nc(N4CCCC4CC(=O)O)sc3-c3cccc4[nH]ccc34)cc2)CC=C(F)CC1. The molecule has 6 rings (SSSR count). The Labute approximate surface area is 219 Å². The maximum atomic E-state index is 13.7. The van der Waals surface area contributed by atoms with Crippen LogP contribution in [0.3, 0.4) is 0 Å². The van der Waals surface area contributed by atoms with E-state index in [1.165, 1.54) is 5.56 Å². The normalized spacial score (nSPS) is 21.9. The lowest BCUT2D eigenvalue weighted by molar-refractivity contribution is -0.137. The predicted molar refractivity (Wildman–Crippen MR) is 148 cm³/mol. The topological polar surface area (TPSA) is 69.2 Å². The van der Waals surface area contributed by atoms with Crippen molar-refractivity contribution >= 4 is 33.3 Å². The molecular weight excluding hydrogens is 485 g/mol. The molecule has 0 spiro atoms. The highest BCUT2D eigenvalue weighted by atomic mass is 32.1. The van der Waals surface area contributed by atoms with Crippen molar-refractivity contribution in [3.05, 3.63) is 72.2 Å². The molecule has 2 unspecified atom stereocenters. The first-order chi connectivity index (χ1) is 17.9. The molecule has 1 fully saturated rings. The number of nitrogens with zero attached hydrogens (tertiary/aromatic N) is 2. The van der Waals surface area contributed by atoms with E-state index in [9.17, 15) is 14.3 Å². The van der Waals surface area contributed by atoms with Gasteiger partial charge in [0.1, 0.15) is 0 Å². The summed E-state index contributed by atoms with van der Waals surface area (Å²) in [6.45, 7) is 3.03. The number of rotatable bonds is 6. The van der Waals surface area contributed by atoms with Crippen LogP contribution < -0.4 is 4.90 Å². The Morgan fingerprint density at radius 1 is 1.24 bits per heavy atom. The highest BCUT2D eigenvalue weighted by Gasteiger charge is 2.31. The number of carboxylic acid groups (broad SMARTS) is 1. The molecule has 37 heavy (non-hydrogen) atoms. The Bertz CT molecular complexity index is 1490. The van der Waals surface area contributed by atoms with Crippen molar-refractivity contribution in [1.82, 2.24) is 9.97 Å². The average Bonchev–Trinajstić information content (AvgIpc) is 3.65. The van der Waals surface area contributed by atoms with Crippen LogP contribution in [0.2, 0.25) is 0 Å². The fourth-order valence-corrected chi connectivity index (χ4v) is 7.05. The zero-order chi connectivity index (χ0) is 25.6. The molecule has 1 aliphatic carbocycles. The summed E-state index contributed by atoms with van der Waals surface area (Å²) in [4.78, 5) is 23.2. The van der Waals surface area contributed by atoms with Gasteiger partial charge in [0.15, 0.2) is 5.13 Å². The minimum absolute atomic E-state index is 0.00390. The van der Waals surface area contributed by atoms with Crippen LogP contribution in [0.4, 0.5) is 9.52 Å². The molecule has 2 aromatic carbocycles. The van der Waals surface area contributed by atoms with Gasteiger partial charge in [-0.1, -0.05) is 60.7 Å². The summed E-state index contributed by atoms with van der Waals surface area (Å²) in [6, 6.07) is 16.9. The van der Waals surface area contributed by atoms with E-state index in [-0.39, 0.29) is 23.7 Å². The number of carbonyl (C=O) groups is 1. The van der Waals surface area contributed by atoms with Gasteiger partial charge in [0.25, 0.3) is 0 Å². The molecular formula is C30H30FN3O2S. The number of fused-ring (bicyclic) bond motifs is 1. The molecule has 0 bridgehead atoms. The molecule has 190 valence electrons. The van der Waals surface area contributed by atoms with E-state index in [0.717, 1.165) is 63.5 Å². The molecule has 2 aliphatic rings. The number of hydrogen-bond donors (Lipinski definition) is 2. The Morgan fingerprint density at radius 3 is 2.84 bits per heavy atom. The fraction of sp³-hybridized carbons (Fsp3) is 0.333. The van der Waals surface area contributed by atoms with Gasteiger partial charge in [0, 0.05) is 40.8 Å². The van der Waals surface area contributed by atoms with Crippen molar-refractivity contribution in [3.8, 4) is 21.7 Å². The Kier molecular flexibility index (Phi) is 6.11. The Balaban J connectivity index is 1.43. The molecule has 0 radical (unpaired) electrons. The summed E-state index contributed by atoms with van der Waals surface area (Å²) in [5.74, 6) is -0.775. The van der Waals surface area contributed by atoms with Crippen LogP contribution in [0.5, 0.6) is 0 Å². The molecule has 0 amide bonds. The number of nitrogens with one attached hydrogen (secondary N) is 1. The van der Waals surface area contributed by atoms with E-state index < -0.39 is 5.97 Å². The van der Waals surface area contributed by atoms with E-state index >= 15 is 0 Å². The first-order valence-corrected chi connectivity index (χ1v) is 13.7. The number of allylic oxidation sites excluding steroid dienone is 2. The Morgan fingerprint density at radius 2 is 2.08 bits per heavy atom. The summed E-state index contributed by atoms with van der Waals surface area (Å²) >= 11 is 1.64. The van der Waals surface area contributed by atoms with Crippen molar-refractivity contribution < 1.29 is 14.3 Å². The maximum Gasteiger partial charge on any atom is 0.305 e. The van der Waals surface area contributed by atoms with E-state index in [4.69, 9.17) is 4.98 Å². The number of hydrogen-bond acceptors (Lipinski definition) is 4. The molecule has 1 aliphatic heterocycles. The van der Waals surface area contributed by atoms with E-state index in [0.29, 0.717) is 12.8 Å². The van der Waals surface area contributed by atoms with E-state index in [1.54, 1.807) is 17.4 Å². The van der Waals surface area contributed by atoms with Crippen LogP contribution in [0.25, 0.3) is 32.6 Å². The lowest BCUT2D eigenvalue weighted by Gasteiger charge is -2.32. The molecule has 2 aromatic heterocycles. The second kappa shape index (κ2) is 9.45. The number of anilines is 1. The zero-order valence-electron chi connectivity index (χ0n) is 20.8. The standard InChI is InChI=1S/C30H30FN3O2S/c1-30(14-11-21(31)12-15-30)20-9-7-19(8-10-20)27-28(24-5-2-6-25-23(24)13-16-32-25)37-29(33-27)34-17-3-4-22(34)18-26(35)36/h2,5-11,13,16,22,32H,3-4,12,14-15,17-18H2,1H3,(H,35,36). The van der Waals surface area contributed by atoms with Gasteiger partial charge in [0.2, 0.25) is 0 Å². The lowest BCUT2D eigenvalue weighted by atomic mass is 9.73. The van der Waals surface area contributed by atoms with Crippen LogP contribution in [-0.4, -0.2) is 33.6 Å².